The summed E-state index contributed by atoms with van der Waals surface area (Å²) in [6.07, 6.45) is -2.72. The first-order valence-electron chi connectivity index (χ1n) is 14.3. The number of alkyl halides is 3. The highest BCUT2D eigenvalue weighted by molar-refractivity contribution is 6.32. The lowest BCUT2D eigenvalue weighted by molar-refractivity contribution is -0.140. The minimum atomic E-state index is -4.55. The van der Waals surface area contributed by atoms with Crippen LogP contribution in [-0.4, -0.2) is 35.7 Å². The number of carboxylic acids is 1. The molecular weight excluding hydrogens is 610 g/mol. The molecule has 0 spiro atoms. The van der Waals surface area contributed by atoms with E-state index in [-0.39, 0.29) is 29.9 Å². The fourth-order valence-corrected chi connectivity index (χ4v) is 5.83. The smallest absolute Gasteiger partial charge is 0.417 e. The van der Waals surface area contributed by atoms with Gasteiger partial charge >= 0.3 is 12.1 Å². The molecule has 5 rings (SSSR count). The van der Waals surface area contributed by atoms with Crippen molar-refractivity contribution in [3.8, 4) is 5.75 Å². The Labute approximate surface area is 266 Å². The minimum absolute atomic E-state index is 0. The Kier molecular flexibility index (Phi) is 11.0. The summed E-state index contributed by atoms with van der Waals surface area (Å²) in [6, 6.07) is 31.4. The molecule has 0 bridgehead atoms. The van der Waals surface area contributed by atoms with E-state index in [1.54, 1.807) is 18.2 Å². The third-order valence-corrected chi connectivity index (χ3v) is 8.50. The Morgan fingerprint density at radius 2 is 1.52 bits per heavy atom. The lowest BCUT2D eigenvalue weighted by Crippen LogP contribution is -2.31. The van der Waals surface area contributed by atoms with Gasteiger partial charge in [0, 0.05) is 25.6 Å². The van der Waals surface area contributed by atoms with Crippen molar-refractivity contribution in [3.05, 3.63) is 136 Å². The van der Waals surface area contributed by atoms with Crippen LogP contribution in [0, 0.1) is 0 Å². The lowest BCUT2D eigenvalue weighted by atomic mass is 9.90. The molecule has 0 atom stereocenters. The first-order chi connectivity index (χ1) is 20.7. The summed E-state index contributed by atoms with van der Waals surface area (Å²) in [6.45, 7) is 1.69. The first-order valence-corrected chi connectivity index (χ1v) is 14.7. The van der Waals surface area contributed by atoms with Crippen molar-refractivity contribution in [2.75, 3.05) is 19.7 Å². The van der Waals surface area contributed by atoms with Crippen LogP contribution in [-0.2, 0) is 22.9 Å². The third kappa shape index (κ3) is 7.95. The number of rotatable bonds is 13. The second kappa shape index (κ2) is 14.5. The number of aliphatic carboxylic acids is 1. The number of benzene rings is 4. The number of halogens is 5. The molecule has 4 aromatic rings. The number of hydrogen-bond acceptors (Lipinski definition) is 3. The highest BCUT2D eigenvalue weighted by atomic mass is 35.5. The van der Waals surface area contributed by atoms with Crippen molar-refractivity contribution in [2.45, 2.75) is 43.3 Å². The van der Waals surface area contributed by atoms with Gasteiger partial charge in [-0.2, -0.15) is 13.2 Å². The monoisotopic (exact) mass is 643 g/mol. The number of hydrogen-bond donors (Lipinski definition) is 1. The van der Waals surface area contributed by atoms with Crippen LogP contribution in [0.25, 0.3) is 0 Å². The van der Waals surface area contributed by atoms with E-state index in [1.165, 1.54) is 6.07 Å². The zero-order valence-corrected chi connectivity index (χ0v) is 25.5. The van der Waals surface area contributed by atoms with Gasteiger partial charge in [0.15, 0.2) is 0 Å². The lowest BCUT2D eigenvalue weighted by Gasteiger charge is -2.29. The third-order valence-electron chi connectivity index (χ3n) is 8.06. The van der Waals surface area contributed by atoms with Crippen LogP contribution in [0.5, 0.6) is 5.75 Å². The van der Waals surface area contributed by atoms with E-state index in [1.807, 2.05) is 48.5 Å². The molecule has 1 N–H and O–H groups in total. The summed E-state index contributed by atoms with van der Waals surface area (Å²) in [5, 5.41) is 9.36. The molecule has 44 heavy (non-hydrogen) atoms. The van der Waals surface area contributed by atoms with E-state index < -0.39 is 23.1 Å². The maximum absolute atomic E-state index is 13.6. The number of carboxylic acid groups (broad SMARTS) is 1. The van der Waals surface area contributed by atoms with E-state index in [9.17, 15) is 23.1 Å². The van der Waals surface area contributed by atoms with Crippen LogP contribution in [0.15, 0.2) is 103 Å². The van der Waals surface area contributed by atoms with Gasteiger partial charge in [0.25, 0.3) is 0 Å². The van der Waals surface area contributed by atoms with Gasteiger partial charge in [0.2, 0.25) is 0 Å². The summed E-state index contributed by atoms with van der Waals surface area (Å²) in [4.78, 5) is 13.9. The quantitative estimate of drug-likeness (QED) is 0.148. The number of ether oxygens (including phenoxy) is 1. The molecule has 0 heterocycles. The summed E-state index contributed by atoms with van der Waals surface area (Å²) < 4.78 is 46.9. The van der Waals surface area contributed by atoms with Crippen LogP contribution in [0.4, 0.5) is 13.2 Å². The van der Waals surface area contributed by atoms with Gasteiger partial charge in [-0.05, 0) is 59.7 Å². The predicted octanol–water partition coefficient (Wildman–Crippen LogP) is 9.00. The molecule has 0 amide bonds. The van der Waals surface area contributed by atoms with Crippen LogP contribution < -0.4 is 4.74 Å². The molecule has 0 aliphatic heterocycles. The predicted molar refractivity (Wildman–Crippen MR) is 169 cm³/mol. The van der Waals surface area contributed by atoms with Gasteiger partial charge in [-0.1, -0.05) is 96.5 Å². The van der Waals surface area contributed by atoms with Crippen molar-refractivity contribution in [1.29, 1.82) is 0 Å². The Morgan fingerprint density at radius 1 is 0.909 bits per heavy atom. The molecule has 0 radical (unpaired) electrons. The van der Waals surface area contributed by atoms with Gasteiger partial charge in [0.1, 0.15) is 5.75 Å². The zero-order valence-electron chi connectivity index (χ0n) is 24.0. The molecule has 0 aromatic heterocycles. The fourth-order valence-electron chi connectivity index (χ4n) is 5.54. The van der Waals surface area contributed by atoms with Crippen LogP contribution in [0.1, 0.15) is 53.0 Å². The minimum Gasteiger partial charge on any atom is -0.494 e. The van der Waals surface area contributed by atoms with Gasteiger partial charge in [0.05, 0.1) is 22.6 Å². The summed E-state index contributed by atoms with van der Waals surface area (Å²) in [7, 11) is 0. The molecule has 1 saturated carbocycles. The molecule has 9 heteroatoms. The van der Waals surface area contributed by atoms with Crippen LogP contribution >= 0.6 is 24.0 Å². The Bertz CT molecular complexity index is 1490. The zero-order chi connectivity index (χ0) is 30.5. The maximum atomic E-state index is 13.6. The highest BCUT2D eigenvalue weighted by Crippen LogP contribution is 2.49. The standard InChI is InChI=1S/C35H33ClF3NO3.ClH/c36-32-27(14-7-17-31(32)35(37,38)39)23-40(24-30(25-10-3-1-4-11-25)26-12-5-2-6-13-26)20-9-21-43-29-16-8-15-28(22-29)34(18-19-34)33(41)42;/h1-8,10-17,22,30H,9,18-21,23-24H2,(H,41,42);1H. The average molecular weight is 645 g/mol. The van der Waals surface area contributed by atoms with Crippen LogP contribution in [0.3, 0.4) is 0 Å². The van der Waals surface area contributed by atoms with Crippen LogP contribution in [0.2, 0.25) is 5.02 Å². The molecular formula is C35H34Cl2F3NO3. The van der Waals surface area contributed by atoms with E-state index in [4.69, 9.17) is 16.3 Å². The molecule has 1 aliphatic rings. The normalized spacial score (nSPS) is 13.9. The summed E-state index contributed by atoms with van der Waals surface area (Å²) in [5.41, 5.74) is 1.71. The van der Waals surface area contributed by atoms with Crippen molar-refractivity contribution >= 4 is 30.0 Å². The molecule has 4 nitrogen and oxygen atoms in total. The maximum Gasteiger partial charge on any atom is 0.417 e. The number of carbonyl (C=O) groups is 1. The summed E-state index contributed by atoms with van der Waals surface area (Å²) >= 11 is 6.32. The van der Waals surface area contributed by atoms with Crippen molar-refractivity contribution in [3.63, 3.8) is 0 Å². The van der Waals surface area contributed by atoms with Gasteiger partial charge in [-0.15, -0.1) is 12.4 Å². The van der Waals surface area contributed by atoms with Gasteiger partial charge in [-0.3, -0.25) is 9.69 Å². The first kappa shape index (κ1) is 33.4. The van der Waals surface area contributed by atoms with Gasteiger partial charge in [-0.25, -0.2) is 0 Å². The second-order valence-corrected chi connectivity index (χ2v) is 11.4. The van der Waals surface area contributed by atoms with E-state index in [2.05, 4.69) is 29.2 Å². The largest absolute Gasteiger partial charge is 0.494 e. The molecule has 232 valence electrons. The highest BCUT2D eigenvalue weighted by Gasteiger charge is 2.51. The fraction of sp³-hybridized carbons (Fsp3) is 0.286. The van der Waals surface area contributed by atoms with E-state index in [0.29, 0.717) is 50.3 Å². The second-order valence-electron chi connectivity index (χ2n) is 11.0. The van der Waals surface area contributed by atoms with Crippen molar-refractivity contribution < 1.29 is 27.8 Å². The number of nitrogens with zero attached hydrogens (tertiary/aromatic N) is 1. The molecule has 0 unspecified atom stereocenters. The molecule has 4 aromatic carbocycles. The van der Waals surface area contributed by atoms with E-state index >= 15 is 0 Å². The van der Waals surface area contributed by atoms with Gasteiger partial charge < -0.3 is 9.84 Å². The topological polar surface area (TPSA) is 49.8 Å². The summed E-state index contributed by atoms with van der Waals surface area (Å²) in [5.74, 6) is -0.237. The Balaban J connectivity index is 0.00000442. The van der Waals surface area contributed by atoms with Crippen molar-refractivity contribution in [2.24, 2.45) is 0 Å². The average Bonchev–Trinajstić information content (AvgIpc) is 3.82. The van der Waals surface area contributed by atoms with Crippen molar-refractivity contribution in [1.82, 2.24) is 4.90 Å². The Hall–Kier alpha value is -3.52. The SMILES string of the molecule is Cl.O=C(O)C1(c2cccc(OCCCN(Cc3cccc(C(F)(F)F)c3Cl)CC(c3ccccc3)c3ccccc3)c2)CC1. The molecule has 1 aliphatic carbocycles. The molecule has 0 saturated heterocycles. The van der Waals surface area contributed by atoms with E-state index in [0.717, 1.165) is 22.8 Å². The Morgan fingerprint density at radius 3 is 2.09 bits per heavy atom. The molecule has 1 fully saturated rings.